The molecule has 2 aromatic heterocycles. The normalized spacial score (nSPS) is 10.9. The number of aryl methyl sites for hydroxylation is 4. The summed E-state index contributed by atoms with van der Waals surface area (Å²) >= 11 is 18.2. The van der Waals surface area contributed by atoms with Gasteiger partial charge in [0.25, 0.3) is 5.88 Å². The molecule has 0 N–H and O–H groups in total. The molecule has 1 aromatic carbocycles. The van der Waals surface area contributed by atoms with E-state index in [4.69, 9.17) is 39.5 Å². The van der Waals surface area contributed by atoms with E-state index in [1.54, 1.807) is 0 Å². The van der Waals surface area contributed by atoms with E-state index in [1.807, 2.05) is 38.1 Å². The van der Waals surface area contributed by atoms with Crippen LogP contribution in [0.1, 0.15) is 36.1 Å². The van der Waals surface area contributed by atoms with Crippen molar-refractivity contribution in [2.45, 2.75) is 39.5 Å². The average Bonchev–Trinajstić information content (AvgIpc) is 2.67. The van der Waals surface area contributed by atoms with Crippen LogP contribution in [0.25, 0.3) is 0 Å². The zero-order valence-corrected chi connectivity index (χ0v) is 17.8. The molecule has 0 saturated heterocycles. The van der Waals surface area contributed by atoms with Crippen LogP contribution in [0.2, 0.25) is 15.2 Å². The highest BCUT2D eigenvalue weighted by atomic mass is 35.5. The minimum absolute atomic E-state index is 0.220. The molecule has 3 aromatic rings. The molecule has 8 heteroatoms. The summed E-state index contributed by atoms with van der Waals surface area (Å²) in [7, 11) is 0. The van der Waals surface area contributed by atoms with Crippen LogP contribution in [0, 0.1) is 6.92 Å². The Bertz CT molecular complexity index is 964. The molecule has 0 aliphatic carbocycles. The van der Waals surface area contributed by atoms with Gasteiger partial charge in [0.05, 0.1) is 16.4 Å². The third-order valence-electron chi connectivity index (χ3n) is 4.14. The monoisotopic (exact) mass is 436 g/mol. The first-order valence-corrected chi connectivity index (χ1v) is 10.1. The van der Waals surface area contributed by atoms with Crippen LogP contribution in [0.15, 0.2) is 30.3 Å². The molecular weight excluding hydrogens is 419 g/mol. The van der Waals surface area contributed by atoms with Gasteiger partial charge in [-0.25, -0.2) is 9.97 Å². The number of halogens is 3. The van der Waals surface area contributed by atoms with Gasteiger partial charge in [-0.15, -0.1) is 10.2 Å². The number of ether oxygens (including phenoxy) is 1. The van der Waals surface area contributed by atoms with E-state index in [0.717, 1.165) is 42.9 Å². The SMILES string of the molecule is CCc1nc(C)nc(CCCc2ccc(Oc3nnc(Cl)cc3Cl)cc2)c1Cl. The Labute approximate surface area is 179 Å². The fourth-order valence-electron chi connectivity index (χ4n) is 2.78. The Morgan fingerprint density at radius 1 is 0.929 bits per heavy atom. The minimum Gasteiger partial charge on any atom is -0.436 e. The standard InChI is InChI=1S/C20H19Cl3N4O/c1-3-16-19(23)17(25-12(2)24-16)6-4-5-13-7-9-14(10-8-13)28-20-15(21)11-18(22)26-27-20/h7-11H,3-6H2,1-2H3. The van der Waals surface area contributed by atoms with Gasteiger partial charge in [-0.05, 0) is 50.3 Å². The molecule has 0 atom stereocenters. The molecule has 2 heterocycles. The van der Waals surface area contributed by atoms with Gasteiger partial charge in [-0.3, -0.25) is 0 Å². The summed E-state index contributed by atoms with van der Waals surface area (Å²) < 4.78 is 5.65. The van der Waals surface area contributed by atoms with Gasteiger partial charge in [0, 0.05) is 6.07 Å². The van der Waals surface area contributed by atoms with Crippen molar-refractivity contribution in [2.24, 2.45) is 0 Å². The summed E-state index contributed by atoms with van der Waals surface area (Å²) in [4.78, 5) is 8.88. The fraction of sp³-hybridized carbons (Fsp3) is 0.300. The van der Waals surface area contributed by atoms with Crippen molar-refractivity contribution in [3.63, 3.8) is 0 Å². The number of hydrogen-bond donors (Lipinski definition) is 0. The average molecular weight is 438 g/mol. The second-order valence-electron chi connectivity index (χ2n) is 6.25. The largest absolute Gasteiger partial charge is 0.436 e. The molecule has 28 heavy (non-hydrogen) atoms. The molecule has 5 nitrogen and oxygen atoms in total. The van der Waals surface area contributed by atoms with E-state index in [2.05, 4.69) is 20.2 Å². The number of rotatable bonds is 7. The first-order chi connectivity index (χ1) is 13.5. The van der Waals surface area contributed by atoms with Crippen molar-refractivity contribution in [1.82, 2.24) is 20.2 Å². The topological polar surface area (TPSA) is 60.8 Å². The van der Waals surface area contributed by atoms with Crippen LogP contribution >= 0.6 is 34.8 Å². The summed E-state index contributed by atoms with van der Waals surface area (Å²) in [5, 5.41) is 8.81. The van der Waals surface area contributed by atoms with Gasteiger partial charge in [0.2, 0.25) is 0 Å². The summed E-state index contributed by atoms with van der Waals surface area (Å²) in [5.41, 5.74) is 3.02. The first kappa shape index (κ1) is 20.8. The van der Waals surface area contributed by atoms with Gasteiger partial charge >= 0.3 is 0 Å². The molecule has 0 spiro atoms. The lowest BCUT2D eigenvalue weighted by Gasteiger charge is -2.09. The molecule has 0 fully saturated rings. The second kappa shape index (κ2) is 9.50. The van der Waals surface area contributed by atoms with E-state index in [0.29, 0.717) is 15.8 Å². The summed E-state index contributed by atoms with van der Waals surface area (Å²) in [5.74, 6) is 1.62. The molecule has 0 amide bonds. The number of hydrogen-bond acceptors (Lipinski definition) is 5. The number of benzene rings is 1. The highest BCUT2D eigenvalue weighted by molar-refractivity contribution is 6.34. The molecule has 0 saturated carbocycles. The molecule has 0 unspecified atom stereocenters. The van der Waals surface area contributed by atoms with E-state index >= 15 is 0 Å². The van der Waals surface area contributed by atoms with Crippen LogP contribution < -0.4 is 4.74 Å². The predicted octanol–water partition coefficient (Wildman–Crippen LogP) is 6.07. The Balaban J connectivity index is 1.58. The van der Waals surface area contributed by atoms with Crippen LogP contribution in [0.5, 0.6) is 11.6 Å². The maximum Gasteiger partial charge on any atom is 0.257 e. The van der Waals surface area contributed by atoms with Crippen LogP contribution in [0.4, 0.5) is 0 Å². The lowest BCUT2D eigenvalue weighted by molar-refractivity contribution is 0.455. The smallest absolute Gasteiger partial charge is 0.257 e. The molecule has 0 bridgehead atoms. The lowest BCUT2D eigenvalue weighted by atomic mass is 10.1. The van der Waals surface area contributed by atoms with Gasteiger partial charge in [-0.2, -0.15) is 0 Å². The predicted molar refractivity (Wildman–Crippen MR) is 112 cm³/mol. The van der Waals surface area contributed by atoms with E-state index in [9.17, 15) is 0 Å². The van der Waals surface area contributed by atoms with Crippen LogP contribution in [-0.4, -0.2) is 20.2 Å². The van der Waals surface area contributed by atoms with Gasteiger partial charge in [0.1, 0.15) is 16.6 Å². The van der Waals surface area contributed by atoms with Crippen molar-refractivity contribution in [2.75, 3.05) is 0 Å². The summed E-state index contributed by atoms with van der Waals surface area (Å²) in [6.45, 7) is 3.94. The third kappa shape index (κ3) is 5.31. The summed E-state index contributed by atoms with van der Waals surface area (Å²) in [6, 6.07) is 9.26. The Morgan fingerprint density at radius 2 is 1.64 bits per heavy atom. The zero-order valence-electron chi connectivity index (χ0n) is 15.5. The Morgan fingerprint density at radius 3 is 2.32 bits per heavy atom. The maximum atomic E-state index is 6.41. The molecule has 3 rings (SSSR count). The number of aromatic nitrogens is 4. The molecule has 146 valence electrons. The molecule has 0 radical (unpaired) electrons. The van der Waals surface area contributed by atoms with E-state index in [-0.39, 0.29) is 11.0 Å². The van der Waals surface area contributed by atoms with Crippen molar-refractivity contribution in [3.05, 3.63) is 68.3 Å². The number of nitrogens with zero attached hydrogens (tertiary/aromatic N) is 4. The summed E-state index contributed by atoms with van der Waals surface area (Å²) in [6.07, 6.45) is 3.46. The maximum absolute atomic E-state index is 6.41. The van der Waals surface area contributed by atoms with Gasteiger partial charge in [0.15, 0.2) is 5.15 Å². The molecular formula is C20H19Cl3N4O. The fourth-order valence-corrected chi connectivity index (χ4v) is 3.48. The van der Waals surface area contributed by atoms with Crippen molar-refractivity contribution in [1.29, 1.82) is 0 Å². The molecule has 0 aliphatic rings. The molecule has 0 aliphatic heterocycles. The Kier molecular flexibility index (Phi) is 7.05. The van der Waals surface area contributed by atoms with E-state index < -0.39 is 0 Å². The second-order valence-corrected chi connectivity index (χ2v) is 7.42. The first-order valence-electron chi connectivity index (χ1n) is 8.93. The van der Waals surface area contributed by atoms with Gasteiger partial charge in [-0.1, -0.05) is 53.9 Å². The van der Waals surface area contributed by atoms with Crippen molar-refractivity contribution in [3.8, 4) is 11.6 Å². The zero-order chi connectivity index (χ0) is 20.1. The van der Waals surface area contributed by atoms with Gasteiger partial charge < -0.3 is 4.74 Å². The quantitative estimate of drug-likeness (QED) is 0.449. The lowest BCUT2D eigenvalue weighted by Crippen LogP contribution is -2.03. The highest BCUT2D eigenvalue weighted by Crippen LogP contribution is 2.28. The minimum atomic E-state index is 0.220. The van der Waals surface area contributed by atoms with E-state index in [1.165, 1.54) is 11.6 Å². The van der Waals surface area contributed by atoms with Crippen LogP contribution in [0.3, 0.4) is 0 Å². The highest BCUT2D eigenvalue weighted by Gasteiger charge is 2.10. The van der Waals surface area contributed by atoms with Crippen molar-refractivity contribution < 1.29 is 4.74 Å². The van der Waals surface area contributed by atoms with Crippen LogP contribution in [-0.2, 0) is 19.3 Å². The third-order valence-corrected chi connectivity index (χ3v) is 5.03. The van der Waals surface area contributed by atoms with Crippen molar-refractivity contribution >= 4 is 34.8 Å². The Hall–Kier alpha value is -1.95.